The molecule has 0 fully saturated rings. The number of ether oxygens (including phenoxy) is 1. The molecule has 1 aromatic carbocycles. The summed E-state index contributed by atoms with van der Waals surface area (Å²) in [7, 11) is 1.46. The average molecular weight is 220 g/mol. The number of rotatable bonds is 4. The van der Waals surface area contributed by atoms with Crippen molar-refractivity contribution in [2.75, 3.05) is 13.7 Å². The summed E-state index contributed by atoms with van der Waals surface area (Å²) in [4.78, 5) is 0. The number of hydrogen-bond donors (Lipinski definition) is 1. The second kappa shape index (κ2) is 6.62. The number of benzene rings is 1. The molecule has 14 heavy (non-hydrogen) atoms. The molecule has 0 aromatic heterocycles. The van der Waals surface area contributed by atoms with E-state index in [0.29, 0.717) is 12.3 Å². The molecular weight excluding hydrogens is 205 g/mol. The molecule has 0 spiro atoms. The Morgan fingerprint density at radius 1 is 1.43 bits per heavy atom. The Labute approximate surface area is 89.7 Å². The Bertz CT molecular complexity index is 281. The minimum absolute atomic E-state index is 0. The molecule has 0 aliphatic carbocycles. The molecule has 0 bridgehead atoms. The third kappa shape index (κ3) is 3.52. The van der Waals surface area contributed by atoms with Crippen molar-refractivity contribution in [1.29, 1.82) is 0 Å². The largest absolute Gasteiger partial charge is 0.494 e. The van der Waals surface area contributed by atoms with Gasteiger partial charge in [-0.05, 0) is 37.1 Å². The van der Waals surface area contributed by atoms with Crippen LogP contribution in [0.4, 0.5) is 4.39 Å². The highest BCUT2D eigenvalue weighted by Gasteiger charge is 2.02. The van der Waals surface area contributed by atoms with E-state index in [1.807, 2.05) is 0 Å². The monoisotopic (exact) mass is 219 g/mol. The fraction of sp³-hybridized carbons (Fsp3) is 0.400. The molecule has 2 nitrogen and oxygen atoms in total. The van der Waals surface area contributed by atoms with Gasteiger partial charge >= 0.3 is 0 Å². The van der Waals surface area contributed by atoms with Crippen LogP contribution < -0.4 is 10.5 Å². The zero-order valence-corrected chi connectivity index (χ0v) is 8.94. The van der Waals surface area contributed by atoms with Gasteiger partial charge < -0.3 is 10.5 Å². The Morgan fingerprint density at radius 3 is 2.71 bits per heavy atom. The summed E-state index contributed by atoms with van der Waals surface area (Å²) in [6, 6.07) is 4.89. The molecule has 0 radical (unpaired) electrons. The Morgan fingerprint density at radius 2 is 2.14 bits per heavy atom. The number of methoxy groups -OCH3 is 1. The van der Waals surface area contributed by atoms with Gasteiger partial charge in [0.25, 0.3) is 0 Å². The van der Waals surface area contributed by atoms with E-state index < -0.39 is 0 Å². The minimum atomic E-state index is -0.320. The Kier molecular flexibility index (Phi) is 6.25. The first kappa shape index (κ1) is 13.2. The van der Waals surface area contributed by atoms with Crippen LogP contribution in [0.1, 0.15) is 12.0 Å². The van der Waals surface area contributed by atoms with Crippen LogP contribution in [0.5, 0.6) is 5.75 Å². The summed E-state index contributed by atoms with van der Waals surface area (Å²) < 4.78 is 17.8. The maximum Gasteiger partial charge on any atom is 0.165 e. The Balaban J connectivity index is 0.00000169. The first-order valence-electron chi connectivity index (χ1n) is 4.30. The van der Waals surface area contributed by atoms with Crippen molar-refractivity contribution < 1.29 is 9.13 Å². The first-order valence-corrected chi connectivity index (χ1v) is 4.30. The molecule has 0 aliphatic heterocycles. The molecule has 0 unspecified atom stereocenters. The van der Waals surface area contributed by atoms with Crippen molar-refractivity contribution in [2.45, 2.75) is 12.8 Å². The van der Waals surface area contributed by atoms with E-state index in [1.54, 1.807) is 12.1 Å². The standard InChI is InChI=1S/C10H14FNO.ClH/c1-13-10-7-8(3-2-6-12)4-5-9(10)11;/h4-5,7H,2-3,6,12H2,1H3;1H. The van der Waals surface area contributed by atoms with Crippen LogP contribution in [0.2, 0.25) is 0 Å². The molecule has 1 aromatic rings. The van der Waals surface area contributed by atoms with Gasteiger partial charge in [-0.15, -0.1) is 12.4 Å². The van der Waals surface area contributed by atoms with Crippen molar-refractivity contribution >= 4 is 12.4 Å². The predicted octanol–water partition coefficient (Wildman–Crippen LogP) is 2.15. The summed E-state index contributed by atoms with van der Waals surface area (Å²) in [5.74, 6) is -0.0199. The van der Waals surface area contributed by atoms with Gasteiger partial charge in [0.05, 0.1) is 7.11 Å². The normalized spacial score (nSPS) is 9.36. The third-order valence-electron chi connectivity index (χ3n) is 1.89. The van der Waals surface area contributed by atoms with Gasteiger partial charge in [0.2, 0.25) is 0 Å². The van der Waals surface area contributed by atoms with Gasteiger partial charge in [-0.1, -0.05) is 6.07 Å². The van der Waals surface area contributed by atoms with Gasteiger partial charge in [-0.25, -0.2) is 4.39 Å². The molecule has 1 rings (SSSR count). The van der Waals surface area contributed by atoms with Crippen molar-refractivity contribution in [3.05, 3.63) is 29.6 Å². The molecule has 0 amide bonds. The number of aryl methyl sites for hydroxylation is 1. The molecule has 0 aliphatic rings. The van der Waals surface area contributed by atoms with E-state index in [9.17, 15) is 4.39 Å². The molecule has 0 saturated heterocycles. The lowest BCUT2D eigenvalue weighted by molar-refractivity contribution is 0.386. The van der Waals surface area contributed by atoms with Gasteiger partial charge in [0, 0.05) is 0 Å². The van der Waals surface area contributed by atoms with Gasteiger partial charge in [-0.2, -0.15) is 0 Å². The topological polar surface area (TPSA) is 35.2 Å². The SMILES string of the molecule is COc1cc(CCCN)ccc1F.Cl. The lowest BCUT2D eigenvalue weighted by Crippen LogP contribution is -2.00. The zero-order valence-electron chi connectivity index (χ0n) is 8.13. The predicted molar refractivity (Wildman–Crippen MR) is 57.6 cm³/mol. The molecule has 0 atom stereocenters. The average Bonchev–Trinajstić information content (AvgIpc) is 2.16. The third-order valence-corrected chi connectivity index (χ3v) is 1.89. The van der Waals surface area contributed by atoms with E-state index in [1.165, 1.54) is 13.2 Å². The number of halogens is 2. The van der Waals surface area contributed by atoms with Crippen molar-refractivity contribution in [3.63, 3.8) is 0 Å². The molecule has 0 saturated carbocycles. The summed E-state index contributed by atoms with van der Waals surface area (Å²) in [6.45, 7) is 0.652. The van der Waals surface area contributed by atoms with Crippen molar-refractivity contribution in [1.82, 2.24) is 0 Å². The highest BCUT2D eigenvalue weighted by molar-refractivity contribution is 5.85. The number of nitrogens with two attached hydrogens (primary N) is 1. The van der Waals surface area contributed by atoms with E-state index >= 15 is 0 Å². The van der Waals surface area contributed by atoms with Crippen LogP contribution in [0.3, 0.4) is 0 Å². The van der Waals surface area contributed by atoms with Crippen molar-refractivity contribution in [3.8, 4) is 5.75 Å². The molecular formula is C10H15ClFNO. The summed E-state index contributed by atoms with van der Waals surface area (Å²) >= 11 is 0. The van der Waals surface area contributed by atoms with Crippen LogP contribution in [-0.4, -0.2) is 13.7 Å². The fourth-order valence-electron chi connectivity index (χ4n) is 1.17. The van der Waals surface area contributed by atoms with E-state index in [0.717, 1.165) is 18.4 Å². The van der Waals surface area contributed by atoms with E-state index in [2.05, 4.69) is 0 Å². The van der Waals surface area contributed by atoms with Crippen LogP contribution in [0.15, 0.2) is 18.2 Å². The molecule has 2 N–H and O–H groups in total. The van der Waals surface area contributed by atoms with Crippen LogP contribution in [0.25, 0.3) is 0 Å². The maximum atomic E-state index is 12.9. The van der Waals surface area contributed by atoms with Crippen LogP contribution in [-0.2, 0) is 6.42 Å². The lowest BCUT2D eigenvalue weighted by Gasteiger charge is -2.04. The molecule has 80 valence electrons. The van der Waals surface area contributed by atoms with E-state index in [-0.39, 0.29) is 18.2 Å². The summed E-state index contributed by atoms with van der Waals surface area (Å²) in [5.41, 5.74) is 6.43. The second-order valence-corrected chi connectivity index (χ2v) is 2.86. The minimum Gasteiger partial charge on any atom is -0.494 e. The summed E-state index contributed by atoms with van der Waals surface area (Å²) in [6.07, 6.45) is 1.78. The quantitative estimate of drug-likeness (QED) is 0.842. The number of hydrogen-bond acceptors (Lipinski definition) is 2. The highest BCUT2D eigenvalue weighted by Crippen LogP contribution is 2.18. The smallest absolute Gasteiger partial charge is 0.165 e. The van der Waals surface area contributed by atoms with E-state index in [4.69, 9.17) is 10.5 Å². The van der Waals surface area contributed by atoms with Gasteiger partial charge in [0.1, 0.15) is 0 Å². The zero-order chi connectivity index (χ0) is 9.68. The Hall–Kier alpha value is -0.800. The highest BCUT2D eigenvalue weighted by atomic mass is 35.5. The maximum absolute atomic E-state index is 12.9. The second-order valence-electron chi connectivity index (χ2n) is 2.86. The van der Waals surface area contributed by atoms with Crippen LogP contribution in [0, 0.1) is 5.82 Å². The van der Waals surface area contributed by atoms with Crippen molar-refractivity contribution in [2.24, 2.45) is 5.73 Å². The fourth-order valence-corrected chi connectivity index (χ4v) is 1.17. The first-order chi connectivity index (χ1) is 6.27. The molecule has 0 heterocycles. The van der Waals surface area contributed by atoms with Gasteiger partial charge in [-0.3, -0.25) is 0 Å². The lowest BCUT2D eigenvalue weighted by atomic mass is 10.1. The van der Waals surface area contributed by atoms with Gasteiger partial charge in [0.15, 0.2) is 11.6 Å². The summed E-state index contributed by atoms with van der Waals surface area (Å²) in [5, 5.41) is 0. The molecule has 4 heteroatoms. The van der Waals surface area contributed by atoms with Crippen LogP contribution >= 0.6 is 12.4 Å².